The van der Waals surface area contributed by atoms with E-state index in [2.05, 4.69) is 4.98 Å². The summed E-state index contributed by atoms with van der Waals surface area (Å²) in [5.74, 6) is -2.88. The van der Waals surface area contributed by atoms with Gasteiger partial charge in [0.15, 0.2) is 12.7 Å². The summed E-state index contributed by atoms with van der Waals surface area (Å²) < 4.78 is 53.2. The van der Waals surface area contributed by atoms with Crippen LogP contribution in [0.1, 0.15) is 28.4 Å². The number of benzene rings is 4. The molecule has 0 saturated heterocycles. The molecule has 0 amide bonds. The smallest absolute Gasteiger partial charge is 0.416 e. The molecule has 0 aliphatic carbocycles. The Labute approximate surface area is 318 Å². The summed E-state index contributed by atoms with van der Waals surface area (Å²) in [5, 5.41) is 38.5. The van der Waals surface area contributed by atoms with Crippen LogP contribution in [0.25, 0.3) is 10.9 Å². The third-order valence-corrected chi connectivity index (χ3v) is 7.56. The molecule has 4 aromatic carbocycles. The average molecular weight is 814 g/mol. The van der Waals surface area contributed by atoms with Crippen LogP contribution in [-0.4, -0.2) is 55.8 Å². The van der Waals surface area contributed by atoms with Crippen molar-refractivity contribution < 1.29 is 62.0 Å². The van der Waals surface area contributed by atoms with Gasteiger partial charge in [-0.1, -0.05) is 34.8 Å². The number of nitro benzene ring substituents is 1. The van der Waals surface area contributed by atoms with Crippen molar-refractivity contribution in [2.75, 3.05) is 6.61 Å². The van der Waals surface area contributed by atoms with Crippen molar-refractivity contribution in [3.63, 3.8) is 0 Å². The summed E-state index contributed by atoms with van der Waals surface area (Å²) in [7, 11) is 0. The Bertz CT molecular complexity index is 2190. The number of fused-ring (bicyclic) bond motifs is 1. The lowest BCUT2D eigenvalue weighted by atomic mass is 10.1. The number of ether oxygens (including phenoxy) is 3. The fourth-order valence-electron chi connectivity index (χ4n) is 4.15. The van der Waals surface area contributed by atoms with Crippen LogP contribution in [0.4, 0.5) is 18.9 Å². The highest BCUT2D eigenvalue weighted by Gasteiger charge is 2.31. The Kier molecular flexibility index (Phi) is 14.8. The molecule has 54 heavy (non-hydrogen) atoms. The number of aromatic carboxylic acids is 1. The second-order valence-electron chi connectivity index (χ2n) is 10.6. The van der Waals surface area contributed by atoms with Crippen LogP contribution in [0.5, 0.6) is 23.0 Å². The predicted octanol–water partition coefficient (Wildman–Crippen LogP) is 9.61. The third kappa shape index (κ3) is 12.1. The summed E-state index contributed by atoms with van der Waals surface area (Å²) >= 11 is 17.4. The molecule has 0 spiro atoms. The number of alkyl halides is 3. The molecule has 0 radical (unpaired) electrons. The van der Waals surface area contributed by atoms with Crippen LogP contribution in [-0.2, 0) is 15.8 Å². The highest BCUT2D eigenvalue weighted by Crippen LogP contribution is 2.37. The number of pyridine rings is 1. The van der Waals surface area contributed by atoms with Gasteiger partial charge < -0.3 is 29.5 Å². The van der Waals surface area contributed by atoms with E-state index >= 15 is 0 Å². The quantitative estimate of drug-likeness (QED) is 0.0893. The molecule has 19 heteroatoms. The molecule has 1 atom stereocenters. The van der Waals surface area contributed by atoms with Crippen molar-refractivity contribution in [2.24, 2.45) is 0 Å². The minimum absolute atomic E-state index is 0.125. The molecule has 3 N–H and O–H groups in total. The second-order valence-corrected chi connectivity index (χ2v) is 11.9. The summed E-state index contributed by atoms with van der Waals surface area (Å²) in [6, 6.07) is 17.2. The van der Waals surface area contributed by atoms with E-state index in [4.69, 9.17) is 64.3 Å². The van der Waals surface area contributed by atoms with Gasteiger partial charge in [-0.05, 0) is 86.1 Å². The molecular formula is C35H26Cl3F3N2O11. The molecule has 0 fully saturated rings. The molecule has 5 rings (SSSR count). The van der Waals surface area contributed by atoms with Gasteiger partial charge in [-0.25, -0.2) is 14.4 Å². The topological polar surface area (TPSA) is 196 Å². The number of hydrogen-bond acceptors (Lipinski definition) is 9. The molecule has 0 bridgehead atoms. The molecular weight excluding hydrogens is 788 g/mol. The van der Waals surface area contributed by atoms with Crippen molar-refractivity contribution in [1.82, 2.24) is 4.98 Å². The van der Waals surface area contributed by atoms with Crippen LogP contribution >= 0.6 is 34.8 Å². The van der Waals surface area contributed by atoms with Gasteiger partial charge in [0, 0.05) is 28.7 Å². The summed E-state index contributed by atoms with van der Waals surface area (Å²) in [6.45, 7) is 2.90. The number of hydrogen-bond donors (Lipinski definition) is 3. The molecule has 13 nitrogen and oxygen atoms in total. The third-order valence-electron chi connectivity index (χ3n) is 6.70. The molecule has 5 aromatic rings. The monoisotopic (exact) mass is 812 g/mol. The van der Waals surface area contributed by atoms with Crippen molar-refractivity contribution >= 4 is 69.3 Å². The number of halogens is 6. The Morgan fingerprint density at radius 2 is 1.56 bits per heavy atom. The Balaban J connectivity index is 0.000000228. The normalized spacial score (nSPS) is 11.2. The number of carboxylic acids is 3. The number of aliphatic carboxylic acids is 2. The second kappa shape index (κ2) is 18.8. The summed E-state index contributed by atoms with van der Waals surface area (Å²) in [5.41, 5.74) is -0.856. The zero-order valence-electron chi connectivity index (χ0n) is 27.6. The number of rotatable bonds is 10. The van der Waals surface area contributed by atoms with Crippen LogP contribution in [0.15, 0.2) is 85.1 Å². The van der Waals surface area contributed by atoms with Crippen molar-refractivity contribution in [3.8, 4) is 23.0 Å². The Hall–Kier alpha value is -5.84. The van der Waals surface area contributed by atoms with Crippen LogP contribution in [0.2, 0.25) is 15.1 Å². The van der Waals surface area contributed by atoms with Gasteiger partial charge in [-0.2, -0.15) is 13.2 Å². The molecule has 1 unspecified atom stereocenters. The molecule has 1 heterocycles. The van der Waals surface area contributed by atoms with Gasteiger partial charge in [-0.15, -0.1) is 0 Å². The Morgan fingerprint density at radius 1 is 0.889 bits per heavy atom. The molecule has 0 aliphatic heterocycles. The maximum absolute atomic E-state index is 12.6. The van der Waals surface area contributed by atoms with Gasteiger partial charge in [0.25, 0.3) is 5.69 Å². The van der Waals surface area contributed by atoms with Crippen molar-refractivity contribution in [3.05, 3.63) is 127 Å². The van der Waals surface area contributed by atoms with E-state index in [0.29, 0.717) is 33.1 Å². The number of nitrogens with zero attached hydrogens (tertiary/aromatic N) is 2. The van der Waals surface area contributed by atoms with Crippen LogP contribution in [0.3, 0.4) is 0 Å². The highest BCUT2D eigenvalue weighted by atomic mass is 35.5. The largest absolute Gasteiger partial charge is 0.480 e. The lowest BCUT2D eigenvalue weighted by Gasteiger charge is -2.12. The number of aryl methyl sites for hydroxylation is 1. The Morgan fingerprint density at radius 3 is 2.13 bits per heavy atom. The van der Waals surface area contributed by atoms with E-state index in [1.54, 1.807) is 48.7 Å². The number of carboxylic acid groups (broad SMARTS) is 3. The maximum Gasteiger partial charge on any atom is 0.416 e. The first-order valence-corrected chi connectivity index (χ1v) is 16.0. The highest BCUT2D eigenvalue weighted by molar-refractivity contribution is 6.35. The van der Waals surface area contributed by atoms with E-state index in [-0.39, 0.29) is 16.5 Å². The van der Waals surface area contributed by atoms with Crippen molar-refractivity contribution in [2.45, 2.75) is 26.1 Å². The number of nitro groups is 1. The molecule has 1 aromatic heterocycles. The van der Waals surface area contributed by atoms with Gasteiger partial charge in [0.1, 0.15) is 34.1 Å². The van der Waals surface area contributed by atoms with E-state index in [1.807, 2.05) is 6.92 Å². The van der Waals surface area contributed by atoms with E-state index < -0.39 is 58.5 Å². The zero-order valence-corrected chi connectivity index (χ0v) is 29.9. The standard InChI is InChI=1S/C14H7ClF3NO5.C11H8ClNO3.C10H11ClO3/c15-10-5-7(14(16,17)18)1-4-12(10)24-8-2-3-11(19(22)23)9(6-8)13(20)21;12-8-3-4-9(16-6-10(14)15)11-7(8)2-1-5-13-11;1-6-5-8(11)3-4-9(6)14-7(2)10(12)13/h1-6H,(H,20,21);1-5H,6H2,(H,14,15);3-5,7H,1-2H3,(H,12,13). The summed E-state index contributed by atoms with van der Waals surface area (Å²) in [6.07, 6.45) is -3.83. The lowest BCUT2D eigenvalue weighted by molar-refractivity contribution is -0.385. The summed E-state index contributed by atoms with van der Waals surface area (Å²) in [4.78, 5) is 46.0. The molecule has 284 valence electrons. The first-order chi connectivity index (χ1) is 25.3. The zero-order chi connectivity index (χ0) is 40.3. The van der Waals surface area contributed by atoms with Crippen molar-refractivity contribution in [1.29, 1.82) is 0 Å². The fourth-order valence-corrected chi connectivity index (χ4v) is 4.81. The van der Waals surface area contributed by atoms with Gasteiger partial charge in [-0.3, -0.25) is 15.1 Å². The lowest BCUT2D eigenvalue weighted by Crippen LogP contribution is -2.23. The van der Waals surface area contributed by atoms with Gasteiger partial charge in [0.05, 0.1) is 20.5 Å². The average Bonchev–Trinajstić information content (AvgIpc) is 3.10. The molecule has 0 aliphatic rings. The fraction of sp³-hybridized carbons (Fsp3) is 0.143. The van der Waals surface area contributed by atoms with Gasteiger partial charge in [0.2, 0.25) is 0 Å². The number of aromatic nitrogens is 1. The van der Waals surface area contributed by atoms with Gasteiger partial charge >= 0.3 is 24.1 Å². The molecule has 0 saturated carbocycles. The minimum Gasteiger partial charge on any atom is -0.480 e. The maximum atomic E-state index is 12.6. The van der Waals surface area contributed by atoms with Crippen LogP contribution < -0.4 is 14.2 Å². The van der Waals surface area contributed by atoms with E-state index in [1.165, 1.54) is 6.92 Å². The van der Waals surface area contributed by atoms with E-state index in [9.17, 15) is 37.7 Å². The predicted molar refractivity (Wildman–Crippen MR) is 190 cm³/mol. The minimum atomic E-state index is -4.58. The SMILES string of the molecule is Cc1cc(Cl)ccc1OC(C)C(=O)O.O=C(O)COc1ccc(Cl)c2cccnc12.O=C(O)c1cc(Oc2ccc(C(F)(F)F)cc2Cl)ccc1[N+](=O)[O-]. The first kappa shape index (κ1) is 42.6. The van der Waals surface area contributed by atoms with E-state index in [0.717, 1.165) is 41.3 Å². The number of carbonyl (C=O) groups is 3. The van der Waals surface area contributed by atoms with Crippen LogP contribution in [0, 0.1) is 17.0 Å². The first-order valence-electron chi connectivity index (χ1n) is 14.9.